The summed E-state index contributed by atoms with van der Waals surface area (Å²) in [6, 6.07) is 8.38. The number of carbonyl (C=O) groups excluding carboxylic acids is 1. The maximum Gasteiger partial charge on any atom is 0.234 e. The van der Waals surface area contributed by atoms with Crippen molar-refractivity contribution in [3.63, 3.8) is 0 Å². The predicted octanol–water partition coefficient (Wildman–Crippen LogP) is 3.10. The number of nitrogens with zero attached hydrogens (tertiary/aromatic N) is 5. The normalized spacial score (nSPS) is 17.1. The molecule has 1 amide bonds. The molecule has 1 aromatic heterocycles. The molecule has 27 heavy (non-hydrogen) atoms. The van der Waals surface area contributed by atoms with Gasteiger partial charge in [0.15, 0.2) is 0 Å². The molecule has 1 heterocycles. The van der Waals surface area contributed by atoms with Gasteiger partial charge in [0.05, 0.1) is 17.0 Å². The van der Waals surface area contributed by atoms with Crippen molar-refractivity contribution in [1.82, 2.24) is 25.5 Å². The molecule has 0 aliphatic heterocycles. The van der Waals surface area contributed by atoms with Crippen molar-refractivity contribution in [2.45, 2.75) is 68.8 Å². The Labute approximate surface area is 163 Å². The lowest BCUT2D eigenvalue weighted by Gasteiger charge is -2.32. The minimum atomic E-state index is -0.733. The fourth-order valence-corrected chi connectivity index (χ4v) is 4.22. The maximum atomic E-state index is 12.7. The van der Waals surface area contributed by atoms with Gasteiger partial charge < -0.3 is 5.32 Å². The van der Waals surface area contributed by atoms with Crippen molar-refractivity contribution in [3.05, 3.63) is 29.3 Å². The van der Waals surface area contributed by atoms with Gasteiger partial charge in [-0.2, -0.15) is 9.94 Å². The Kier molecular flexibility index (Phi) is 5.80. The summed E-state index contributed by atoms with van der Waals surface area (Å²) in [7, 11) is 0. The van der Waals surface area contributed by atoms with E-state index in [2.05, 4.69) is 33.0 Å². The van der Waals surface area contributed by atoms with Crippen LogP contribution in [0.2, 0.25) is 0 Å². The first-order chi connectivity index (χ1) is 12.9. The van der Waals surface area contributed by atoms with Gasteiger partial charge in [-0.3, -0.25) is 4.79 Å². The molecule has 1 aliphatic rings. The molecule has 0 unspecified atom stereocenters. The molecule has 0 bridgehead atoms. The summed E-state index contributed by atoms with van der Waals surface area (Å²) in [4.78, 5) is 12.7. The zero-order chi connectivity index (χ0) is 19.4. The highest BCUT2D eigenvalue weighted by Crippen LogP contribution is 2.29. The van der Waals surface area contributed by atoms with Gasteiger partial charge in [-0.1, -0.05) is 48.7 Å². The van der Waals surface area contributed by atoms with E-state index in [0.717, 1.165) is 30.5 Å². The average Bonchev–Trinajstić information content (AvgIpc) is 3.10. The van der Waals surface area contributed by atoms with Gasteiger partial charge in [0.2, 0.25) is 11.1 Å². The van der Waals surface area contributed by atoms with Crippen LogP contribution < -0.4 is 5.32 Å². The number of thioether (sulfide) groups is 1. The Morgan fingerprint density at radius 3 is 2.74 bits per heavy atom. The third kappa shape index (κ3) is 4.30. The molecule has 0 spiro atoms. The fourth-order valence-electron chi connectivity index (χ4n) is 3.42. The number of rotatable bonds is 5. The maximum absolute atomic E-state index is 12.7. The molecule has 0 radical (unpaired) electrons. The second-order valence-electron chi connectivity index (χ2n) is 7.17. The van der Waals surface area contributed by atoms with Gasteiger partial charge in [0, 0.05) is 0 Å². The van der Waals surface area contributed by atoms with E-state index in [-0.39, 0.29) is 5.91 Å². The van der Waals surface area contributed by atoms with Crippen LogP contribution >= 0.6 is 11.8 Å². The summed E-state index contributed by atoms with van der Waals surface area (Å²) in [5.74, 6) is -0.154. The zero-order valence-electron chi connectivity index (χ0n) is 15.9. The molecule has 1 aliphatic carbocycles. The van der Waals surface area contributed by atoms with Crippen molar-refractivity contribution in [2.75, 3.05) is 0 Å². The Morgan fingerprint density at radius 1 is 1.33 bits per heavy atom. The lowest BCUT2D eigenvalue weighted by Crippen LogP contribution is -2.51. The van der Waals surface area contributed by atoms with Gasteiger partial charge in [0.25, 0.3) is 0 Å². The van der Waals surface area contributed by atoms with Crippen LogP contribution in [0.5, 0.6) is 0 Å². The number of aromatic nitrogens is 4. The molecule has 8 heteroatoms. The Hall–Kier alpha value is -2.40. The molecule has 1 saturated carbocycles. The van der Waals surface area contributed by atoms with E-state index < -0.39 is 10.8 Å². The van der Waals surface area contributed by atoms with Gasteiger partial charge in [-0.05, 0) is 55.7 Å². The second-order valence-corrected chi connectivity index (χ2v) is 8.48. The van der Waals surface area contributed by atoms with Gasteiger partial charge >= 0.3 is 0 Å². The summed E-state index contributed by atoms with van der Waals surface area (Å²) in [5, 5.41) is 24.6. The molecule has 2 aromatic rings. The van der Waals surface area contributed by atoms with Crippen LogP contribution in [0.1, 0.15) is 50.2 Å². The number of hydrogen-bond acceptors (Lipinski definition) is 6. The van der Waals surface area contributed by atoms with Crippen LogP contribution in [-0.2, 0) is 4.79 Å². The van der Waals surface area contributed by atoms with Crippen LogP contribution in [0, 0.1) is 25.2 Å². The molecular weight excluding hydrogens is 360 g/mol. The fraction of sp³-hybridized carbons (Fsp3) is 0.526. The number of nitriles is 1. The van der Waals surface area contributed by atoms with E-state index in [1.54, 1.807) is 4.68 Å². The van der Waals surface area contributed by atoms with Crippen molar-refractivity contribution in [2.24, 2.45) is 0 Å². The van der Waals surface area contributed by atoms with E-state index in [1.807, 2.05) is 32.9 Å². The molecule has 1 aromatic carbocycles. The summed E-state index contributed by atoms with van der Waals surface area (Å²) in [5.41, 5.74) is 2.39. The highest BCUT2D eigenvalue weighted by Gasteiger charge is 2.35. The Morgan fingerprint density at radius 2 is 2.07 bits per heavy atom. The van der Waals surface area contributed by atoms with E-state index in [1.165, 1.54) is 17.3 Å². The van der Waals surface area contributed by atoms with Gasteiger partial charge in [0.1, 0.15) is 5.54 Å². The summed E-state index contributed by atoms with van der Waals surface area (Å²) in [6.45, 7) is 5.86. The Bertz CT molecular complexity index is 865. The number of carbonyl (C=O) groups is 1. The number of nitrogens with one attached hydrogen (secondary N) is 1. The molecule has 1 atom stereocenters. The lowest BCUT2D eigenvalue weighted by molar-refractivity contribution is -0.121. The van der Waals surface area contributed by atoms with Gasteiger partial charge in [-0.25, -0.2) is 0 Å². The van der Waals surface area contributed by atoms with Crippen molar-refractivity contribution >= 4 is 17.7 Å². The molecule has 1 N–H and O–H groups in total. The molecule has 142 valence electrons. The van der Waals surface area contributed by atoms with Crippen molar-refractivity contribution in [3.8, 4) is 11.8 Å². The van der Waals surface area contributed by atoms with E-state index >= 15 is 0 Å². The molecule has 3 rings (SSSR count). The van der Waals surface area contributed by atoms with Crippen LogP contribution in [0.15, 0.2) is 23.4 Å². The minimum Gasteiger partial charge on any atom is -0.337 e. The van der Waals surface area contributed by atoms with Crippen LogP contribution in [-0.4, -0.2) is 36.9 Å². The van der Waals surface area contributed by atoms with E-state index in [4.69, 9.17) is 0 Å². The first-order valence-corrected chi connectivity index (χ1v) is 10.1. The second kappa shape index (κ2) is 8.09. The minimum absolute atomic E-state index is 0.154. The first-order valence-electron chi connectivity index (χ1n) is 9.20. The van der Waals surface area contributed by atoms with Gasteiger partial charge in [-0.15, -0.1) is 5.10 Å². The molecule has 0 saturated heterocycles. The SMILES string of the molecule is Cc1ccc(-n2nnnc2S[C@H](C)C(=O)NC2(C#N)CCCCC2)c(C)c1. The molecule has 7 nitrogen and oxygen atoms in total. The van der Waals surface area contributed by atoms with Crippen LogP contribution in [0.25, 0.3) is 5.69 Å². The highest BCUT2D eigenvalue weighted by atomic mass is 32.2. The van der Waals surface area contributed by atoms with Crippen molar-refractivity contribution < 1.29 is 4.79 Å². The monoisotopic (exact) mass is 384 g/mol. The predicted molar refractivity (Wildman–Crippen MR) is 104 cm³/mol. The first kappa shape index (κ1) is 19.4. The summed E-state index contributed by atoms with van der Waals surface area (Å²) in [6.07, 6.45) is 4.49. The Balaban J connectivity index is 1.73. The number of aryl methyl sites for hydroxylation is 2. The van der Waals surface area contributed by atoms with Crippen LogP contribution in [0.4, 0.5) is 0 Å². The summed E-state index contributed by atoms with van der Waals surface area (Å²) >= 11 is 1.30. The third-order valence-corrected chi connectivity index (χ3v) is 5.99. The topological polar surface area (TPSA) is 96.5 Å². The molecule has 1 fully saturated rings. The smallest absolute Gasteiger partial charge is 0.234 e. The number of tetrazole rings is 1. The average molecular weight is 385 g/mol. The standard InChI is InChI=1S/C19H24N6OS/c1-13-7-8-16(14(2)11-13)25-18(22-23-24-25)27-15(3)17(26)21-19(12-20)9-5-4-6-10-19/h7-8,11,15H,4-6,9-10H2,1-3H3,(H,21,26)/t15-/m1/s1. The summed E-state index contributed by atoms with van der Waals surface area (Å²) < 4.78 is 1.66. The van der Waals surface area contributed by atoms with E-state index in [9.17, 15) is 10.1 Å². The number of amides is 1. The highest BCUT2D eigenvalue weighted by molar-refractivity contribution is 8.00. The van der Waals surface area contributed by atoms with E-state index in [0.29, 0.717) is 18.0 Å². The largest absolute Gasteiger partial charge is 0.337 e. The third-order valence-electron chi connectivity index (χ3n) is 4.96. The molecular formula is C19H24N6OS. The zero-order valence-corrected chi connectivity index (χ0v) is 16.7. The quantitative estimate of drug-likeness (QED) is 0.796. The van der Waals surface area contributed by atoms with Crippen molar-refractivity contribution in [1.29, 1.82) is 5.26 Å². The number of hydrogen-bond donors (Lipinski definition) is 1. The van der Waals surface area contributed by atoms with Crippen LogP contribution in [0.3, 0.4) is 0 Å². The lowest BCUT2D eigenvalue weighted by atomic mass is 9.83. The number of benzene rings is 1.